The van der Waals surface area contributed by atoms with Crippen LogP contribution in [0.4, 0.5) is 0 Å². The summed E-state index contributed by atoms with van der Waals surface area (Å²) in [6.07, 6.45) is 48.1. The Bertz CT molecular complexity index is 872. The van der Waals surface area contributed by atoms with Gasteiger partial charge in [-0.3, -0.25) is 14.4 Å². The van der Waals surface area contributed by atoms with Gasteiger partial charge in [-0.1, -0.05) is 252 Å². The third-order valence-corrected chi connectivity index (χ3v) is 11.8. The molecule has 0 bridgehead atoms. The second-order valence-corrected chi connectivity index (χ2v) is 18.3. The number of carbonyl (C=O) groups is 3. The zero-order chi connectivity index (χ0) is 42.4. The van der Waals surface area contributed by atoms with Gasteiger partial charge >= 0.3 is 17.9 Å². The smallest absolute Gasteiger partial charge is 0.306 e. The Kier molecular flexibility index (Phi) is 45.2. The van der Waals surface area contributed by atoms with E-state index < -0.39 is 6.10 Å². The van der Waals surface area contributed by atoms with Gasteiger partial charge in [-0.15, -0.1) is 0 Å². The molecule has 0 aromatic rings. The Balaban J connectivity index is 4.21. The lowest BCUT2D eigenvalue weighted by molar-refractivity contribution is -0.167. The van der Waals surface area contributed by atoms with Gasteiger partial charge in [-0.05, 0) is 25.2 Å². The summed E-state index contributed by atoms with van der Waals surface area (Å²) in [5.74, 6) is -0.0527. The molecule has 0 aliphatic heterocycles. The maximum atomic E-state index is 12.7. The van der Waals surface area contributed by atoms with Crippen LogP contribution >= 0.6 is 0 Å². The van der Waals surface area contributed by atoms with Gasteiger partial charge in [0.15, 0.2) is 6.10 Å². The van der Waals surface area contributed by atoms with Gasteiger partial charge in [0.2, 0.25) is 0 Å². The lowest BCUT2D eigenvalue weighted by atomic mass is 10.0. The summed E-state index contributed by atoms with van der Waals surface area (Å²) < 4.78 is 16.8. The summed E-state index contributed by atoms with van der Waals surface area (Å²) in [4.78, 5) is 37.8. The quantitative estimate of drug-likeness (QED) is 0.0346. The monoisotopic (exact) mass is 821 g/mol. The van der Waals surface area contributed by atoms with Crippen LogP contribution in [0, 0.1) is 5.92 Å². The average molecular weight is 821 g/mol. The van der Waals surface area contributed by atoms with Crippen LogP contribution in [-0.4, -0.2) is 37.2 Å². The first-order valence-corrected chi connectivity index (χ1v) is 25.9. The second-order valence-electron chi connectivity index (χ2n) is 18.3. The highest BCUT2D eigenvalue weighted by atomic mass is 16.6. The van der Waals surface area contributed by atoms with E-state index >= 15 is 0 Å². The Labute approximate surface area is 361 Å². The molecule has 0 radical (unpaired) electrons. The fourth-order valence-corrected chi connectivity index (χ4v) is 7.86. The molecule has 0 amide bonds. The molecule has 6 heteroatoms. The van der Waals surface area contributed by atoms with Crippen molar-refractivity contribution >= 4 is 17.9 Å². The predicted octanol–water partition coefficient (Wildman–Crippen LogP) is 16.7. The first kappa shape index (κ1) is 56.4. The van der Waals surface area contributed by atoms with Crippen molar-refractivity contribution in [1.82, 2.24) is 0 Å². The third kappa shape index (κ3) is 45.5. The minimum absolute atomic E-state index is 0.0633. The van der Waals surface area contributed by atoms with E-state index in [0.717, 1.165) is 63.7 Å². The molecule has 1 atom stereocenters. The molecular formula is C52H100O6. The van der Waals surface area contributed by atoms with Crippen molar-refractivity contribution in [2.45, 2.75) is 297 Å². The van der Waals surface area contributed by atoms with Crippen molar-refractivity contribution in [3.8, 4) is 0 Å². The number of ether oxygens (including phenoxy) is 3. The molecule has 0 aromatic heterocycles. The average Bonchev–Trinajstić information content (AvgIpc) is 3.21. The first-order chi connectivity index (χ1) is 28.4. The molecule has 0 N–H and O–H groups in total. The van der Waals surface area contributed by atoms with Crippen molar-refractivity contribution in [3.05, 3.63) is 0 Å². The van der Waals surface area contributed by atoms with Gasteiger partial charge in [0, 0.05) is 19.3 Å². The molecule has 0 heterocycles. The third-order valence-electron chi connectivity index (χ3n) is 11.8. The first-order valence-electron chi connectivity index (χ1n) is 25.9. The fourth-order valence-electron chi connectivity index (χ4n) is 7.86. The standard InChI is InChI=1S/C52H100O6/c1-5-7-9-11-13-15-17-18-19-20-21-22-23-24-25-27-31-35-39-43-50(53)56-46-49(58-52(55)45-41-37-33-26-16-14-12-10-8-6-2)47-57-51(54)44-40-36-32-29-28-30-34-38-42-48(3)4/h48-49H,5-47H2,1-4H3/t49-/m0/s1. The molecule has 0 saturated heterocycles. The van der Waals surface area contributed by atoms with Crippen LogP contribution in [0.15, 0.2) is 0 Å². The van der Waals surface area contributed by atoms with E-state index in [2.05, 4.69) is 27.7 Å². The minimum atomic E-state index is -0.760. The minimum Gasteiger partial charge on any atom is -0.462 e. The maximum Gasteiger partial charge on any atom is 0.306 e. The van der Waals surface area contributed by atoms with Crippen LogP contribution < -0.4 is 0 Å². The molecule has 0 aliphatic carbocycles. The lowest BCUT2D eigenvalue weighted by Gasteiger charge is -2.18. The molecule has 344 valence electrons. The van der Waals surface area contributed by atoms with Crippen molar-refractivity contribution < 1.29 is 28.6 Å². The van der Waals surface area contributed by atoms with Crippen molar-refractivity contribution in [2.24, 2.45) is 5.92 Å². The number of unbranched alkanes of at least 4 members (excludes halogenated alkanes) is 34. The van der Waals surface area contributed by atoms with Crippen LogP contribution in [-0.2, 0) is 28.6 Å². The van der Waals surface area contributed by atoms with Gasteiger partial charge < -0.3 is 14.2 Å². The van der Waals surface area contributed by atoms with E-state index in [1.807, 2.05) is 0 Å². The summed E-state index contributed by atoms with van der Waals surface area (Å²) in [5, 5.41) is 0. The van der Waals surface area contributed by atoms with E-state index in [0.29, 0.717) is 19.3 Å². The molecule has 0 unspecified atom stereocenters. The molecule has 0 rings (SSSR count). The highest BCUT2D eigenvalue weighted by Gasteiger charge is 2.19. The van der Waals surface area contributed by atoms with Gasteiger partial charge in [-0.2, -0.15) is 0 Å². The normalized spacial score (nSPS) is 11.9. The molecule has 0 aromatic carbocycles. The van der Waals surface area contributed by atoms with Crippen LogP contribution in [0.5, 0.6) is 0 Å². The summed E-state index contributed by atoms with van der Waals surface area (Å²) >= 11 is 0. The Hall–Kier alpha value is -1.59. The maximum absolute atomic E-state index is 12.7. The molecule has 0 spiro atoms. The van der Waals surface area contributed by atoms with Gasteiger partial charge in [0.05, 0.1) is 0 Å². The zero-order valence-electron chi connectivity index (χ0n) is 39.5. The predicted molar refractivity (Wildman–Crippen MR) is 247 cm³/mol. The Morgan fingerprint density at radius 1 is 0.328 bits per heavy atom. The van der Waals surface area contributed by atoms with E-state index in [4.69, 9.17) is 14.2 Å². The largest absolute Gasteiger partial charge is 0.462 e. The van der Waals surface area contributed by atoms with Crippen LogP contribution in [0.3, 0.4) is 0 Å². The number of carbonyl (C=O) groups excluding carboxylic acids is 3. The number of hydrogen-bond donors (Lipinski definition) is 0. The summed E-state index contributed by atoms with van der Waals surface area (Å²) in [7, 11) is 0. The summed E-state index contributed by atoms with van der Waals surface area (Å²) in [6.45, 7) is 8.98. The van der Waals surface area contributed by atoms with Crippen molar-refractivity contribution in [3.63, 3.8) is 0 Å². The van der Waals surface area contributed by atoms with Crippen molar-refractivity contribution in [2.75, 3.05) is 13.2 Å². The van der Waals surface area contributed by atoms with Crippen LogP contribution in [0.2, 0.25) is 0 Å². The van der Waals surface area contributed by atoms with E-state index in [1.165, 1.54) is 186 Å². The van der Waals surface area contributed by atoms with Crippen molar-refractivity contribution in [1.29, 1.82) is 0 Å². The van der Waals surface area contributed by atoms with Crippen LogP contribution in [0.1, 0.15) is 291 Å². The number of esters is 3. The van der Waals surface area contributed by atoms with Crippen LogP contribution in [0.25, 0.3) is 0 Å². The zero-order valence-corrected chi connectivity index (χ0v) is 39.5. The highest BCUT2D eigenvalue weighted by molar-refractivity contribution is 5.71. The Morgan fingerprint density at radius 3 is 0.845 bits per heavy atom. The summed E-state index contributed by atoms with van der Waals surface area (Å²) in [6, 6.07) is 0. The molecule has 0 aliphatic rings. The molecule has 6 nitrogen and oxygen atoms in total. The van der Waals surface area contributed by atoms with Gasteiger partial charge in [0.1, 0.15) is 13.2 Å². The van der Waals surface area contributed by atoms with Gasteiger partial charge in [0.25, 0.3) is 0 Å². The molecule has 0 saturated carbocycles. The Morgan fingerprint density at radius 2 is 0.569 bits per heavy atom. The number of rotatable bonds is 47. The van der Waals surface area contributed by atoms with Gasteiger partial charge in [-0.25, -0.2) is 0 Å². The van der Waals surface area contributed by atoms with E-state index in [1.54, 1.807) is 0 Å². The summed E-state index contributed by atoms with van der Waals surface area (Å²) in [5.41, 5.74) is 0. The second kappa shape index (κ2) is 46.5. The lowest BCUT2D eigenvalue weighted by Crippen LogP contribution is -2.30. The molecule has 0 fully saturated rings. The SMILES string of the molecule is CCCCCCCCCCCCCCCCCCCCCC(=O)OC[C@@H](COC(=O)CCCCCCCCCCC(C)C)OC(=O)CCCCCCCCCCCC. The fraction of sp³-hybridized carbons (Fsp3) is 0.942. The van der Waals surface area contributed by atoms with E-state index in [9.17, 15) is 14.4 Å². The topological polar surface area (TPSA) is 78.9 Å². The molecular weight excluding hydrogens is 721 g/mol. The molecule has 58 heavy (non-hydrogen) atoms. The highest BCUT2D eigenvalue weighted by Crippen LogP contribution is 2.17. The van der Waals surface area contributed by atoms with E-state index in [-0.39, 0.29) is 31.1 Å². The number of hydrogen-bond acceptors (Lipinski definition) is 6.